The average molecular weight is 402 g/mol. The largest absolute Gasteiger partial charge is 0.481 e. The van der Waals surface area contributed by atoms with E-state index in [4.69, 9.17) is 20.8 Å². The third-order valence-corrected chi connectivity index (χ3v) is 4.82. The van der Waals surface area contributed by atoms with Crippen LogP contribution in [0.25, 0.3) is 11.1 Å². The monoisotopic (exact) mass is 401 g/mol. The second-order valence-corrected chi connectivity index (χ2v) is 6.87. The molecule has 0 N–H and O–H groups in total. The predicted octanol–water partition coefficient (Wildman–Crippen LogP) is 4.88. The van der Waals surface area contributed by atoms with Crippen LogP contribution in [0, 0.1) is 0 Å². The molecule has 1 unspecified atom stereocenters. The first-order valence-electron chi connectivity index (χ1n) is 9.28. The summed E-state index contributed by atoms with van der Waals surface area (Å²) in [6.07, 6.45) is -0.537. The number of hydrogen-bond donors (Lipinski definition) is 0. The number of carbonyl (C=O) groups excluding carboxylic acids is 1. The smallest absolute Gasteiger partial charge is 0.302 e. The summed E-state index contributed by atoms with van der Waals surface area (Å²) in [6, 6.07) is 13.3. The molecule has 0 aliphatic rings. The molecule has 7 heteroatoms. The Labute approximate surface area is 169 Å². The quantitative estimate of drug-likeness (QED) is 0.564. The summed E-state index contributed by atoms with van der Waals surface area (Å²) in [5.41, 5.74) is 2.26. The van der Waals surface area contributed by atoms with Crippen LogP contribution in [-0.2, 0) is 4.79 Å². The van der Waals surface area contributed by atoms with Gasteiger partial charge in [-0.05, 0) is 63.2 Å². The van der Waals surface area contributed by atoms with Crippen LogP contribution in [0.4, 0.5) is 11.7 Å². The SMILES string of the molecule is CCN(CC)C(=O)C(C)Oc1ccc(N(C)c2nc3cc(Cl)ccc3o2)cc1. The molecule has 3 aromatic rings. The molecule has 0 aliphatic heterocycles. The Hall–Kier alpha value is -2.73. The van der Waals surface area contributed by atoms with Crippen LogP contribution in [0.1, 0.15) is 20.8 Å². The van der Waals surface area contributed by atoms with Crippen molar-refractivity contribution in [2.75, 3.05) is 25.0 Å². The molecule has 0 saturated heterocycles. The highest BCUT2D eigenvalue weighted by Crippen LogP contribution is 2.29. The molecule has 6 nitrogen and oxygen atoms in total. The van der Waals surface area contributed by atoms with Gasteiger partial charge in [0.25, 0.3) is 5.91 Å². The third-order valence-electron chi connectivity index (χ3n) is 4.59. The van der Waals surface area contributed by atoms with E-state index < -0.39 is 6.10 Å². The van der Waals surface area contributed by atoms with Gasteiger partial charge in [-0.2, -0.15) is 4.98 Å². The van der Waals surface area contributed by atoms with E-state index in [-0.39, 0.29) is 5.91 Å². The minimum Gasteiger partial charge on any atom is -0.481 e. The molecule has 1 heterocycles. The van der Waals surface area contributed by atoms with E-state index in [2.05, 4.69) is 4.98 Å². The normalized spacial score (nSPS) is 12.0. The maximum atomic E-state index is 12.3. The number of amides is 1. The summed E-state index contributed by atoms with van der Waals surface area (Å²) in [7, 11) is 1.87. The summed E-state index contributed by atoms with van der Waals surface area (Å²) in [4.78, 5) is 20.4. The van der Waals surface area contributed by atoms with Crippen LogP contribution in [0.2, 0.25) is 5.02 Å². The van der Waals surface area contributed by atoms with Gasteiger partial charge in [0, 0.05) is 30.8 Å². The number of nitrogens with zero attached hydrogens (tertiary/aromatic N) is 3. The summed E-state index contributed by atoms with van der Waals surface area (Å²) in [5, 5.41) is 0.616. The van der Waals surface area contributed by atoms with Gasteiger partial charge >= 0.3 is 6.01 Å². The van der Waals surface area contributed by atoms with Crippen LogP contribution in [0.3, 0.4) is 0 Å². The van der Waals surface area contributed by atoms with Crippen molar-refractivity contribution < 1.29 is 13.9 Å². The van der Waals surface area contributed by atoms with Crippen LogP contribution < -0.4 is 9.64 Å². The first-order valence-corrected chi connectivity index (χ1v) is 9.66. The number of fused-ring (bicyclic) bond motifs is 1. The van der Waals surface area contributed by atoms with Crippen molar-refractivity contribution >= 4 is 40.3 Å². The average Bonchev–Trinajstić information content (AvgIpc) is 3.12. The van der Waals surface area contributed by atoms with Gasteiger partial charge < -0.3 is 14.1 Å². The molecule has 0 bridgehead atoms. The summed E-state index contributed by atoms with van der Waals surface area (Å²) in [5.74, 6) is 0.617. The zero-order valence-corrected chi connectivity index (χ0v) is 17.2. The number of anilines is 2. The Morgan fingerprint density at radius 2 is 1.86 bits per heavy atom. The van der Waals surface area contributed by atoms with Crippen LogP contribution in [0.15, 0.2) is 46.9 Å². The zero-order chi connectivity index (χ0) is 20.3. The minimum atomic E-state index is -0.537. The van der Waals surface area contributed by atoms with Crippen molar-refractivity contribution in [3.05, 3.63) is 47.5 Å². The van der Waals surface area contributed by atoms with Gasteiger partial charge in [0.05, 0.1) is 0 Å². The van der Waals surface area contributed by atoms with Gasteiger partial charge in [0.15, 0.2) is 11.7 Å². The Morgan fingerprint density at radius 1 is 1.18 bits per heavy atom. The molecule has 148 valence electrons. The third kappa shape index (κ3) is 4.22. The maximum Gasteiger partial charge on any atom is 0.302 e. The molecule has 28 heavy (non-hydrogen) atoms. The van der Waals surface area contributed by atoms with E-state index in [0.717, 1.165) is 5.69 Å². The van der Waals surface area contributed by atoms with E-state index in [1.54, 1.807) is 30.0 Å². The van der Waals surface area contributed by atoms with Crippen LogP contribution in [0.5, 0.6) is 5.75 Å². The molecule has 1 aromatic heterocycles. The number of oxazole rings is 1. The van der Waals surface area contributed by atoms with Crippen molar-refractivity contribution in [3.8, 4) is 5.75 Å². The van der Waals surface area contributed by atoms with Gasteiger partial charge in [-0.3, -0.25) is 9.69 Å². The van der Waals surface area contributed by atoms with Gasteiger partial charge in [0.1, 0.15) is 11.3 Å². The minimum absolute atomic E-state index is 0.0173. The highest BCUT2D eigenvalue weighted by molar-refractivity contribution is 6.31. The number of carbonyl (C=O) groups is 1. The Morgan fingerprint density at radius 3 is 2.50 bits per heavy atom. The predicted molar refractivity (Wildman–Crippen MR) is 112 cm³/mol. The lowest BCUT2D eigenvalue weighted by Gasteiger charge is -2.23. The number of likely N-dealkylation sites (N-methyl/N-ethyl adjacent to an activating group) is 1. The number of ether oxygens (including phenoxy) is 1. The van der Waals surface area contributed by atoms with Crippen molar-refractivity contribution in [1.29, 1.82) is 0 Å². The standard InChI is InChI=1S/C21H24ClN3O3/c1-5-25(6-2)20(26)14(3)27-17-10-8-16(9-11-17)24(4)21-23-18-13-15(22)7-12-19(18)28-21/h7-14H,5-6H2,1-4H3. The van der Waals surface area contributed by atoms with Crippen molar-refractivity contribution in [2.24, 2.45) is 0 Å². The molecule has 0 radical (unpaired) electrons. The fraction of sp³-hybridized carbons (Fsp3) is 0.333. The van der Waals surface area contributed by atoms with E-state index in [9.17, 15) is 4.79 Å². The van der Waals surface area contributed by atoms with Crippen LogP contribution in [-0.4, -0.2) is 42.0 Å². The maximum absolute atomic E-state index is 12.3. The Balaban J connectivity index is 1.71. The Bertz CT molecular complexity index is 951. The first-order chi connectivity index (χ1) is 13.4. The number of halogens is 1. The number of hydrogen-bond acceptors (Lipinski definition) is 5. The van der Waals surface area contributed by atoms with E-state index in [0.29, 0.717) is 41.0 Å². The lowest BCUT2D eigenvalue weighted by molar-refractivity contribution is -0.137. The zero-order valence-electron chi connectivity index (χ0n) is 16.5. The molecular weight excluding hydrogens is 378 g/mol. The summed E-state index contributed by atoms with van der Waals surface area (Å²) in [6.45, 7) is 7.02. The molecule has 1 atom stereocenters. The lowest BCUT2D eigenvalue weighted by Crippen LogP contribution is -2.40. The molecular formula is C21H24ClN3O3. The van der Waals surface area contributed by atoms with Gasteiger partial charge in [0.2, 0.25) is 0 Å². The fourth-order valence-electron chi connectivity index (χ4n) is 2.94. The molecule has 0 saturated carbocycles. The summed E-state index contributed by atoms with van der Waals surface area (Å²) < 4.78 is 11.6. The number of benzene rings is 2. The number of aromatic nitrogens is 1. The topological polar surface area (TPSA) is 58.8 Å². The molecule has 1 amide bonds. The van der Waals surface area contributed by atoms with Gasteiger partial charge in [-0.1, -0.05) is 11.6 Å². The highest BCUT2D eigenvalue weighted by Gasteiger charge is 2.20. The number of rotatable bonds is 7. The molecule has 3 rings (SSSR count). The fourth-order valence-corrected chi connectivity index (χ4v) is 3.10. The Kier molecular flexibility index (Phi) is 6.09. The van der Waals surface area contributed by atoms with Gasteiger partial charge in [-0.25, -0.2) is 0 Å². The van der Waals surface area contributed by atoms with Crippen molar-refractivity contribution in [2.45, 2.75) is 26.9 Å². The molecule has 0 fully saturated rings. The van der Waals surface area contributed by atoms with E-state index in [1.807, 2.05) is 50.1 Å². The first kappa shape index (κ1) is 20.0. The van der Waals surface area contributed by atoms with Crippen molar-refractivity contribution in [1.82, 2.24) is 9.88 Å². The molecule has 2 aromatic carbocycles. The molecule has 0 aliphatic carbocycles. The van der Waals surface area contributed by atoms with E-state index in [1.165, 1.54) is 0 Å². The highest BCUT2D eigenvalue weighted by atomic mass is 35.5. The van der Waals surface area contributed by atoms with Gasteiger partial charge in [-0.15, -0.1) is 0 Å². The second kappa shape index (κ2) is 8.52. The van der Waals surface area contributed by atoms with Crippen molar-refractivity contribution in [3.63, 3.8) is 0 Å². The second-order valence-electron chi connectivity index (χ2n) is 6.43. The van der Waals surface area contributed by atoms with E-state index >= 15 is 0 Å². The molecule has 0 spiro atoms. The lowest BCUT2D eigenvalue weighted by atomic mass is 10.2. The van der Waals surface area contributed by atoms with Crippen LogP contribution >= 0.6 is 11.6 Å². The summed E-state index contributed by atoms with van der Waals surface area (Å²) >= 11 is 6.01.